The first-order valence-corrected chi connectivity index (χ1v) is 14.1. The zero-order chi connectivity index (χ0) is 25.8. The van der Waals surface area contributed by atoms with Crippen LogP contribution in [0.4, 0.5) is 0 Å². The molecule has 1 N–H and O–H groups in total. The molecule has 4 saturated carbocycles. The van der Waals surface area contributed by atoms with Crippen LogP contribution in [0, 0.1) is 50.2 Å². The van der Waals surface area contributed by atoms with E-state index in [-0.39, 0.29) is 56.8 Å². The number of esters is 1. The lowest BCUT2D eigenvalue weighted by Crippen LogP contribution is -2.67. The smallest absolute Gasteiger partial charge is 0.312 e. The van der Waals surface area contributed by atoms with Gasteiger partial charge in [-0.05, 0) is 103 Å². The van der Waals surface area contributed by atoms with Crippen LogP contribution in [0.25, 0.3) is 0 Å². The fourth-order valence-electron chi connectivity index (χ4n) is 10.6. The summed E-state index contributed by atoms with van der Waals surface area (Å²) in [6.45, 7) is 16.3. The second-order valence-electron chi connectivity index (χ2n) is 15.2. The quantitative estimate of drug-likeness (QED) is 0.431. The highest BCUT2D eigenvalue weighted by molar-refractivity contribution is 5.96. The minimum absolute atomic E-state index is 0.0310. The van der Waals surface area contributed by atoms with E-state index in [9.17, 15) is 14.7 Å². The number of ketones is 1. The SMILES string of the molecule is COC(=O)[C@]12CCC(C)(C)C[C@H]1C1=CC(=O)[C@@H]3[C@@]4(C)CC[C@H](O)C(C)(C)[C@@H]4CC[C@@]3(C)[C@]1(C)CC2. The molecular weight excluding hydrogens is 436 g/mol. The third kappa shape index (κ3) is 3.07. The summed E-state index contributed by atoms with van der Waals surface area (Å²) in [6.07, 6.45) is 10.1. The van der Waals surface area contributed by atoms with Crippen molar-refractivity contribution in [1.82, 2.24) is 0 Å². The van der Waals surface area contributed by atoms with Gasteiger partial charge in [0.15, 0.2) is 5.78 Å². The Bertz CT molecular complexity index is 976. The van der Waals surface area contributed by atoms with Gasteiger partial charge in [-0.15, -0.1) is 0 Å². The van der Waals surface area contributed by atoms with Crippen LogP contribution >= 0.6 is 0 Å². The van der Waals surface area contributed by atoms with Gasteiger partial charge < -0.3 is 9.84 Å². The average molecular weight is 485 g/mol. The normalized spacial score (nSPS) is 50.1. The Labute approximate surface area is 212 Å². The van der Waals surface area contributed by atoms with Crippen LogP contribution in [0.1, 0.15) is 106 Å². The zero-order valence-electron chi connectivity index (χ0n) is 23.4. The summed E-state index contributed by atoms with van der Waals surface area (Å²) in [7, 11) is 1.53. The first-order valence-electron chi connectivity index (χ1n) is 14.1. The van der Waals surface area contributed by atoms with Crippen molar-refractivity contribution >= 4 is 11.8 Å². The molecule has 5 aliphatic rings. The number of allylic oxidation sites excluding steroid dienone is 2. The van der Waals surface area contributed by atoms with Crippen molar-refractivity contribution in [2.75, 3.05) is 7.11 Å². The summed E-state index contributed by atoms with van der Waals surface area (Å²) in [5.74, 6) is 0.597. The van der Waals surface area contributed by atoms with E-state index in [1.807, 2.05) is 6.08 Å². The molecule has 4 nitrogen and oxygen atoms in total. The van der Waals surface area contributed by atoms with Gasteiger partial charge in [0.2, 0.25) is 0 Å². The number of hydrogen-bond donors (Lipinski definition) is 1. The molecule has 0 unspecified atom stereocenters. The second kappa shape index (κ2) is 7.45. The van der Waals surface area contributed by atoms with Crippen LogP contribution in [0.5, 0.6) is 0 Å². The fourth-order valence-corrected chi connectivity index (χ4v) is 10.6. The Morgan fingerprint density at radius 2 is 1.60 bits per heavy atom. The van der Waals surface area contributed by atoms with Crippen LogP contribution in [0.3, 0.4) is 0 Å². The van der Waals surface area contributed by atoms with Gasteiger partial charge in [-0.3, -0.25) is 9.59 Å². The minimum Gasteiger partial charge on any atom is -0.469 e. The van der Waals surface area contributed by atoms with Gasteiger partial charge in [0.25, 0.3) is 0 Å². The average Bonchev–Trinajstić information content (AvgIpc) is 2.77. The molecule has 0 bridgehead atoms. The Morgan fingerprint density at radius 1 is 0.943 bits per heavy atom. The van der Waals surface area contributed by atoms with Crippen molar-refractivity contribution in [1.29, 1.82) is 0 Å². The van der Waals surface area contributed by atoms with Gasteiger partial charge in [0.05, 0.1) is 18.6 Å². The molecule has 0 spiro atoms. The predicted octanol–water partition coefficient (Wildman–Crippen LogP) is 6.50. The Balaban J connectivity index is 1.65. The highest BCUT2D eigenvalue weighted by atomic mass is 16.5. The number of ether oxygens (including phenoxy) is 1. The largest absolute Gasteiger partial charge is 0.469 e. The number of carbonyl (C=O) groups is 2. The molecule has 0 amide bonds. The van der Waals surface area contributed by atoms with E-state index < -0.39 is 5.41 Å². The molecule has 0 aromatic carbocycles. The molecule has 4 fully saturated rings. The van der Waals surface area contributed by atoms with Crippen LogP contribution in [-0.2, 0) is 14.3 Å². The first kappa shape index (κ1) is 25.5. The molecule has 0 saturated heterocycles. The Morgan fingerprint density at radius 3 is 2.26 bits per heavy atom. The molecule has 5 rings (SSSR count). The van der Waals surface area contributed by atoms with Crippen LogP contribution < -0.4 is 0 Å². The third-order valence-corrected chi connectivity index (χ3v) is 12.9. The lowest BCUT2D eigenvalue weighted by atomic mass is 9.33. The van der Waals surface area contributed by atoms with E-state index >= 15 is 0 Å². The third-order valence-electron chi connectivity index (χ3n) is 12.9. The molecule has 0 aliphatic heterocycles. The Kier molecular flexibility index (Phi) is 5.43. The summed E-state index contributed by atoms with van der Waals surface area (Å²) in [4.78, 5) is 27.6. The van der Waals surface area contributed by atoms with Gasteiger partial charge >= 0.3 is 5.97 Å². The molecule has 196 valence electrons. The zero-order valence-corrected chi connectivity index (χ0v) is 23.4. The van der Waals surface area contributed by atoms with Gasteiger partial charge in [0.1, 0.15) is 0 Å². The van der Waals surface area contributed by atoms with Crippen LogP contribution in [0.2, 0.25) is 0 Å². The van der Waals surface area contributed by atoms with E-state index in [4.69, 9.17) is 4.74 Å². The molecule has 5 aliphatic carbocycles. The maximum atomic E-state index is 14.3. The second-order valence-corrected chi connectivity index (χ2v) is 15.2. The number of aliphatic hydroxyl groups excluding tert-OH is 1. The summed E-state index contributed by atoms with van der Waals surface area (Å²) < 4.78 is 5.43. The van der Waals surface area contributed by atoms with Gasteiger partial charge in [-0.2, -0.15) is 0 Å². The monoisotopic (exact) mass is 484 g/mol. The highest BCUT2D eigenvalue weighted by Crippen LogP contribution is 2.75. The van der Waals surface area contributed by atoms with Crippen molar-refractivity contribution in [3.05, 3.63) is 11.6 Å². The molecule has 4 heteroatoms. The number of fused-ring (bicyclic) bond motifs is 7. The van der Waals surface area contributed by atoms with Crippen molar-refractivity contribution in [2.45, 2.75) is 112 Å². The molecule has 0 heterocycles. The van der Waals surface area contributed by atoms with E-state index in [1.165, 1.54) is 12.7 Å². The lowest BCUT2D eigenvalue weighted by Gasteiger charge is -2.70. The van der Waals surface area contributed by atoms with Crippen molar-refractivity contribution in [3.63, 3.8) is 0 Å². The molecular formula is C31H48O4. The summed E-state index contributed by atoms with van der Waals surface area (Å²) in [6, 6.07) is 0. The molecule has 35 heavy (non-hydrogen) atoms. The molecule has 8 atom stereocenters. The topological polar surface area (TPSA) is 63.6 Å². The highest BCUT2D eigenvalue weighted by Gasteiger charge is 2.71. The van der Waals surface area contributed by atoms with E-state index in [0.29, 0.717) is 5.92 Å². The maximum absolute atomic E-state index is 14.3. The van der Waals surface area contributed by atoms with Gasteiger partial charge in [-0.25, -0.2) is 0 Å². The summed E-state index contributed by atoms with van der Waals surface area (Å²) >= 11 is 0. The first-order chi connectivity index (χ1) is 16.1. The van der Waals surface area contributed by atoms with Crippen molar-refractivity contribution in [2.24, 2.45) is 50.2 Å². The van der Waals surface area contributed by atoms with Gasteiger partial charge in [-0.1, -0.05) is 54.0 Å². The number of carbonyl (C=O) groups excluding carboxylic acids is 2. The number of aliphatic hydroxyl groups is 1. The Hall–Kier alpha value is -1.16. The number of hydrogen-bond acceptors (Lipinski definition) is 4. The fraction of sp³-hybridized carbons (Fsp3) is 0.871. The summed E-state index contributed by atoms with van der Waals surface area (Å²) in [5.41, 5.74) is 0.381. The molecule has 0 aromatic rings. The molecule has 0 aromatic heterocycles. The van der Waals surface area contributed by atoms with Crippen LogP contribution in [-0.4, -0.2) is 30.1 Å². The minimum atomic E-state index is -0.489. The number of methoxy groups -OCH3 is 1. The van der Waals surface area contributed by atoms with Crippen molar-refractivity contribution < 1.29 is 19.4 Å². The van der Waals surface area contributed by atoms with Crippen molar-refractivity contribution in [3.8, 4) is 0 Å². The predicted molar refractivity (Wildman–Crippen MR) is 137 cm³/mol. The van der Waals surface area contributed by atoms with E-state index in [2.05, 4.69) is 48.5 Å². The molecule has 0 radical (unpaired) electrons. The van der Waals surface area contributed by atoms with Crippen LogP contribution in [0.15, 0.2) is 11.6 Å². The van der Waals surface area contributed by atoms with E-state index in [1.54, 1.807) is 0 Å². The van der Waals surface area contributed by atoms with E-state index in [0.717, 1.165) is 57.8 Å². The van der Waals surface area contributed by atoms with Gasteiger partial charge in [0, 0.05) is 5.92 Å². The maximum Gasteiger partial charge on any atom is 0.312 e. The standard InChI is InChI=1S/C31H48O4/c1-26(2)13-15-31(25(34)35-8)16-14-29(6)19(20(31)18-26)17-21(32)24-28(5)11-10-23(33)27(3,4)22(28)9-12-30(24,29)7/h17,20,22-24,33H,9-16,18H2,1-8H3/t20-,22-,23-,24+,28-,29+,30+,31-/m0/s1. The number of rotatable bonds is 1. The lowest BCUT2D eigenvalue weighted by molar-refractivity contribution is -0.205. The summed E-state index contributed by atoms with van der Waals surface area (Å²) in [5, 5.41) is 10.9.